The van der Waals surface area contributed by atoms with E-state index < -0.39 is 0 Å². The molecule has 2 aliphatic rings. The second-order valence-electron chi connectivity index (χ2n) is 6.54. The summed E-state index contributed by atoms with van der Waals surface area (Å²) >= 11 is 0. The van der Waals surface area contributed by atoms with Crippen molar-refractivity contribution in [3.8, 4) is 0 Å². The van der Waals surface area contributed by atoms with Crippen LogP contribution in [0.2, 0.25) is 0 Å². The Bertz CT molecular complexity index is 673. The highest BCUT2D eigenvalue weighted by Crippen LogP contribution is 2.40. The number of aromatic nitrogens is 2. The molecule has 0 unspecified atom stereocenters. The van der Waals surface area contributed by atoms with Gasteiger partial charge < -0.3 is 4.52 Å². The number of pyridine rings is 1. The van der Waals surface area contributed by atoms with E-state index in [0.29, 0.717) is 17.4 Å². The molecule has 0 atom stereocenters. The molecule has 0 spiro atoms. The Kier molecular flexibility index (Phi) is 3.85. The number of amides is 1. The van der Waals surface area contributed by atoms with Gasteiger partial charge in [-0.2, -0.15) is 0 Å². The average molecular weight is 311 g/mol. The van der Waals surface area contributed by atoms with Gasteiger partial charge in [0.1, 0.15) is 11.6 Å². The van der Waals surface area contributed by atoms with Crippen molar-refractivity contribution < 1.29 is 9.32 Å². The molecule has 1 amide bonds. The lowest BCUT2D eigenvalue weighted by Gasteiger charge is -2.33. The van der Waals surface area contributed by atoms with E-state index in [2.05, 4.69) is 10.1 Å². The smallest absolute Gasteiger partial charge is 0.281 e. The number of nitrogens with zero attached hydrogens (tertiary/aromatic N) is 3. The minimum atomic E-state index is -0.0914. The predicted molar refractivity (Wildman–Crippen MR) is 86.4 cm³/mol. The fraction of sp³-hybridized carbons (Fsp3) is 0.500. The molecule has 2 fully saturated rings. The fourth-order valence-electron chi connectivity index (χ4n) is 3.37. The van der Waals surface area contributed by atoms with Crippen LogP contribution in [0.1, 0.15) is 67.1 Å². The number of anilines is 1. The third kappa shape index (κ3) is 3.00. The molecule has 0 aliphatic heterocycles. The topological polar surface area (TPSA) is 59.2 Å². The Labute approximate surface area is 135 Å². The monoisotopic (exact) mass is 311 g/mol. The molecule has 4 rings (SSSR count). The van der Waals surface area contributed by atoms with Crippen LogP contribution in [0.4, 0.5) is 5.82 Å². The lowest BCUT2D eigenvalue weighted by atomic mass is 9.94. The molecule has 2 heterocycles. The highest BCUT2D eigenvalue weighted by Gasteiger charge is 2.33. The van der Waals surface area contributed by atoms with Gasteiger partial charge in [-0.15, -0.1) is 0 Å². The lowest BCUT2D eigenvalue weighted by molar-refractivity contribution is 0.0960. The Balaban J connectivity index is 1.63. The summed E-state index contributed by atoms with van der Waals surface area (Å²) in [6.07, 6.45) is 9.62. The number of carbonyl (C=O) groups is 1. The van der Waals surface area contributed by atoms with Gasteiger partial charge in [-0.1, -0.05) is 30.5 Å². The highest BCUT2D eigenvalue weighted by atomic mass is 16.5. The van der Waals surface area contributed by atoms with Crippen LogP contribution in [0.3, 0.4) is 0 Å². The second-order valence-corrected chi connectivity index (χ2v) is 6.54. The SMILES string of the molecule is O=C(c1cc(C2CC2)on1)N(c1ccccn1)C1CCCCC1. The molecule has 2 aromatic rings. The highest BCUT2D eigenvalue weighted by molar-refractivity contribution is 6.04. The van der Waals surface area contributed by atoms with Crippen LogP contribution >= 0.6 is 0 Å². The molecule has 120 valence electrons. The largest absolute Gasteiger partial charge is 0.360 e. The summed E-state index contributed by atoms with van der Waals surface area (Å²) in [4.78, 5) is 19.3. The zero-order chi connectivity index (χ0) is 15.6. The summed E-state index contributed by atoms with van der Waals surface area (Å²) in [5.41, 5.74) is 0.406. The first-order chi connectivity index (χ1) is 11.3. The first-order valence-corrected chi connectivity index (χ1v) is 8.54. The van der Waals surface area contributed by atoms with Crippen molar-refractivity contribution in [2.75, 3.05) is 4.90 Å². The minimum absolute atomic E-state index is 0.0914. The van der Waals surface area contributed by atoms with Gasteiger partial charge in [0.05, 0.1) is 0 Å². The molecule has 5 nitrogen and oxygen atoms in total. The standard InChI is InChI=1S/C18H21N3O2/c22-18(15-12-16(23-20-15)13-9-10-13)21(14-6-2-1-3-7-14)17-8-4-5-11-19-17/h4-5,8,11-14H,1-3,6-7,9-10H2. The van der Waals surface area contributed by atoms with Crippen molar-refractivity contribution >= 4 is 11.7 Å². The van der Waals surface area contributed by atoms with Gasteiger partial charge in [0, 0.05) is 24.2 Å². The van der Waals surface area contributed by atoms with Crippen LogP contribution in [-0.4, -0.2) is 22.1 Å². The minimum Gasteiger partial charge on any atom is -0.360 e. The molecule has 0 radical (unpaired) electrons. The second kappa shape index (κ2) is 6.14. The molecule has 0 N–H and O–H groups in total. The van der Waals surface area contributed by atoms with Crippen molar-refractivity contribution in [1.82, 2.24) is 10.1 Å². The third-order valence-corrected chi connectivity index (χ3v) is 4.78. The van der Waals surface area contributed by atoms with Crippen LogP contribution < -0.4 is 4.90 Å². The van der Waals surface area contributed by atoms with Crippen molar-refractivity contribution in [3.63, 3.8) is 0 Å². The molecule has 0 saturated heterocycles. The number of hydrogen-bond acceptors (Lipinski definition) is 4. The van der Waals surface area contributed by atoms with Gasteiger partial charge in [-0.05, 0) is 37.8 Å². The van der Waals surface area contributed by atoms with E-state index in [9.17, 15) is 4.79 Å². The van der Waals surface area contributed by atoms with Crippen LogP contribution in [0.5, 0.6) is 0 Å². The predicted octanol–water partition coefficient (Wildman–Crippen LogP) is 3.93. The molecule has 0 bridgehead atoms. The maximum atomic E-state index is 13.1. The van der Waals surface area contributed by atoms with E-state index >= 15 is 0 Å². The summed E-state index contributed by atoms with van der Waals surface area (Å²) in [7, 11) is 0. The summed E-state index contributed by atoms with van der Waals surface area (Å²) in [6, 6.07) is 7.71. The van der Waals surface area contributed by atoms with Crippen LogP contribution in [-0.2, 0) is 0 Å². The maximum absolute atomic E-state index is 13.1. The van der Waals surface area contributed by atoms with Crippen molar-refractivity contribution in [2.45, 2.75) is 56.9 Å². The van der Waals surface area contributed by atoms with Crippen molar-refractivity contribution in [1.29, 1.82) is 0 Å². The molecule has 0 aromatic carbocycles. The normalized spacial score (nSPS) is 18.8. The van der Waals surface area contributed by atoms with E-state index in [4.69, 9.17) is 4.52 Å². The van der Waals surface area contributed by atoms with E-state index in [1.54, 1.807) is 6.20 Å². The van der Waals surface area contributed by atoms with Gasteiger partial charge in [0.15, 0.2) is 5.69 Å². The molecule has 23 heavy (non-hydrogen) atoms. The summed E-state index contributed by atoms with van der Waals surface area (Å²) < 4.78 is 5.37. The van der Waals surface area contributed by atoms with Gasteiger partial charge in [0.2, 0.25) is 0 Å². The van der Waals surface area contributed by atoms with Crippen LogP contribution in [0.25, 0.3) is 0 Å². The Hall–Kier alpha value is -2.17. The van der Waals surface area contributed by atoms with Gasteiger partial charge >= 0.3 is 0 Å². The summed E-state index contributed by atoms with van der Waals surface area (Å²) in [5, 5.41) is 4.02. The molecule has 2 aromatic heterocycles. The number of carbonyl (C=O) groups excluding carboxylic acids is 1. The zero-order valence-electron chi connectivity index (χ0n) is 13.1. The lowest BCUT2D eigenvalue weighted by Crippen LogP contribution is -2.42. The molecule has 2 aliphatic carbocycles. The molecular weight excluding hydrogens is 290 g/mol. The van der Waals surface area contributed by atoms with Gasteiger partial charge in [0.25, 0.3) is 5.91 Å². The Morgan fingerprint density at radius 3 is 2.65 bits per heavy atom. The van der Waals surface area contributed by atoms with Gasteiger partial charge in [-0.3, -0.25) is 9.69 Å². The first kappa shape index (κ1) is 14.4. The van der Waals surface area contributed by atoms with Crippen LogP contribution in [0, 0.1) is 0 Å². The molecule has 5 heteroatoms. The summed E-state index contributed by atoms with van der Waals surface area (Å²) in [5.74, 6) is 1.92. The first-order valence-electron chi connectivity index (χ1n) is 8.54. The number of hydrogen-bond donors (Lipinski definition) is 0. The quantitative estimate of drug-likeness (QED) is 0.858. The van der Waals surface area contributed by atoms with E-state index in [0.717, 1.165) is 44.3 Å². The number of rotatable bonds is 4. The van der Waals surface area contributed by atoms with E-state index in [1.165, 1.54) is 6.42 Å². The molecular formula is C18H21N3O2. The maximum Gasteiger partial charge on any atom is 0.281 e. The van der Waals surface area contributed by atoms with Crippen LogP contribution in [0.15, 0.2) is 35.0 Å². The van der Waals surface area contributed by atoms with E-state index in [-0.39, 0.29) is 11.9 Å². The van der Waals surface area contributed by atoms with Gasteiger partial charge in [-0.25, -0.2) is 4.98 Å². The Morgan fingerprint density at radius 2 is 1.96 bits per heavy atom. The zero-order valence-corrected chi connectivity index (χ0v) is 13.1. The third-order valence-electron chi connectivity index (χ3n) is 4.78. The van der Waals surface area contributed by atoms with Crippen molar-refractivity contribution in [3.05, 3.63) is 41.9 Å². The molecule has 2 saturated carbocycles. The van der Waals surface area contributed by atoms with Crippen molar-refractivity contribution in [2.24, 2.45) is 0 Å². The Morgan fingerprint density at radius 1 is 1.13 bits per heavy atom. The van der Waals surface area contributed by atoms with E-state index in [1.807, 2.05) is 29.2 Å². The fourth-order valence-corrected chi connectivity index (χ4v) is 3.37. The summed E-state index contributed by atoms with van der Waals surface area (Å²) in [6.45, 7) is 0. The average Bonchev–Trinajstić information content (AvgIpc) is 3.34.